The summed E-state index contributed by atoms with van der Waals surface area (Å²) in [6.45, 7) is 33.1. The molecule has 6 rings (SSSR count). The van der Waals surface area contributed by atoms with Gasteiger partial charge in [0.1, 0.15) is 0 Å². The Morgan fingerprint density at radius 1 is 0.554 bits per heavy atom. The summed E-state index contributed by atoms with van der Waals surface area (Å²) in [5.74, 6) is 1.07. The van der Waals surface area contributed by atoms with Crippen LogP contribution < -0.4 is 0 Å². The third-order valence-electron chi connectivity index (χ3n) is 13.2. The monoisotopic (exact) mass is 871 g/mol. The molecule has 10 nitrogen and oxygen atoms in total. The van der Waals surface area contributed by atoms with E-state index in [-0.39, 0.29) is 30.2 Å². The molecule has 6 saturated heterocycles. The summed E-state index contributed by atoms with van der Waals surface area (Å²) in [4.78, 5) is 10.3. The summed E-state index contributed by atoms with van der Waals surface area (Å²) < 4.78 is 41.4. The molecule has 0 amide bonds. The number of alkyl halides is 1. The van der Waals surface area contributed by atoms with E-state index in [1.165, 1.54) is 70.6 Å². The molecular formula is C45H91BrO10. The van der Waals surface area contributed by atoms with Crippen LogP contribution in [0.4, 0.5) is 0 Å². The lowest BCUT2D eigenvalue weighted by atomic mass is 9.77. The predicted molar refractivity (Wildman–Crippen MR) is 233 cm³/mol. The minimum atomic E-state index is -0.742. The van der Waals surface area contributed by atoms with Crippen molar-refractivity contribution >= 4 is 21.9 Å². The molecule has 338 valence electrons. The third-order valence-corrected chi connectivity index (χ3v) is 13.2. The largest absolute Gasteiger partial charge is 0.481 e. The van der Waals surface area contributed by atoms with Crippen LogP contribution in [0.5, 0.6) is 0 Å². The van der Waals surface area contributed by atoms with Gasteiger partial charge in [-0.2, -0.15) is 0 Å². The van der Waals surface area contributed by atoms with Gasteiger partial charge in [-0.3, -0.25) is 4.79 Å². The zero-order valence-electron chi connectivity index (χ0n) is 38.9. The van der Waals surface area contributed by atoms with Crippen LogP contribution in [-0.2, 0) is 42.7 Å². The molecular weight excluding hydrogens is 780 g/mol. The van der Waals surface area contributed by atoms with Gasteiger partial charge in [-0.1, -0.05) is 163 Å². The molecule has 11 heteroatoms. The quantitative estimate of drug-likeness (QED) is 0.0937. The first kappa shape index (κ1) is 57.7. The maximum Gasteiger partial charge on any atom is 0.303 e. The zero-order valence-corrected chi connectivity index (χ0v) is 40.5. The van der Waals surface area contributed by atoms with Gasteiger partial charge < -0.3 is 43.0 Å². The van der Waals surface area contributed by atoms with Crippen LogP contribution >= 0.6 is 15.9 Å². The van der Waals surface area contributed by atoms with Crippen LogP contribution in [0.1, 0.15) is 173 Å². The van der Waals surface area contributed by atoms with E-state index >= 15 is 0 Å². The first-order valence-corrected chi connectivity index (χ1v) is 23.6. The Kier molecular flexibility index (Phi) is 33.4. The van der Waals surface area contributed by atoms with Crippen LogP contribution in [0.25, 0.3) is 0 Å². The fourth-order valence-corrected chi connectivity index (χ4v) is 7.25. The van der Waals surface area contributed by atoms with Gasteiger partial charge in [-0.05, 0) is 41.3 Å². The Bertz CT molecular complexity index is 815. The molecule has 0 radical (unpaired) electrons. The highest BCUT2D eigenvalue weighted by Gasteiger charge is 2.40. The minimum absolute atomic E-state index is 0.120. The van der Waals surface area contributed by atoms with E-state index in [1.54, 1.807) is 7.11 Å². The highest BCUT2D eigenvalue weighted by atomic mass is 79.9. The van der Waals surface area contributed by atoms with Gasteiger partial charge in [0.25, 0.3) is 13.0 Å². The molecule has 6 heterocycles. The SMILES string of the molecule is CBr.CC12COC(OC1)OC2.CC12COC(OC1)OC2.CCC(CC)(CC)CC.CCC(CC)(CC)CCOC.CCC(CC)(CC)CCOCCCC(=O)O. The summed E-state index contributed by atoms with van der Waals surface area (Å²) in [6, 6.07) is 0. The number of carboxylic acids is 1. The second-order valence-corrected chi connectivity index (χ2v) is 16.7. The van der Waals surface area contributed by atoms with E-state index in [1.807, 2.05) is 5.83 Å². The molecule has 0 saturated carbocycles. The second-order valence-electron chi connectivity index (χ2n) is 16.7. The molecule has 0 aromatic carbocycles. The smallest absolute Gasteiger partial charge is 0.303 e. The van der Waals surface area contributed by atoms with Gasteiger partial charge in [0, 0.05) is 44.2 Å². The number of aliphatic carboxylic acids is 1. The van der Waals surface area contributed by atoms with E-state index in [2.05, 4.69) is 99.0 Å². The highest BCUT2D eigenvalue weighted by molar-refractivity contribution is 9.08. The lowest BCUT2D eigenvalue weighted by molar-refractivity contribution is -0.391. The van der Waals surface area contributed by atoms with Crippen LogP contribution in [0, 0.1) is 27.1 Å². The molecule has 6 aliphatic rings. The van der Waals surface area contributed by atoms with E-state index in [4.69, 9.17) is 43.0 Å². The topological polar surface area (TPSA) is 111 Å². The molecule has 0 spiro atoms. The number of hydrogen-bond donors (Lipinski definition) is 1. The molecule has 56 heavy (non-hydrogen) atoms. The summed E-state index contributed by atoms with van der Waals surface area (Å²) in [5.41, 5.74) is 1.88. The number of fused-ring (bicyclic) bond motifs is 6. The Hall–Kier alpha value is -0.370. The van der Waals surface area contributed by atoms with Crippen LogP contribution in [0.2, 0.25) is 0 Å². The van der Waals surface area contributed by atoms with Crippen molar-refractivity contribution in [1.82, 2.24) is 0 Å². The lowest BCUT2D eigenvalue weighted by Crippen LogP contribution is -2.50. The molecule has 6 fully saturated rings. The zero-order chi connectivity index (χ0) is 43.2. The van der Waals surface area contributed by atoms with Crippen molar-refractivity contribution in [2.24, 2.45) is 27.1 Å². The first-order valence-electron chi connectivity index (χ1n) is 22.0. The second kappa shape index (κ2) is 32.4. The van der Waals surface area contributed by atoms with Crippen molar-refractivity contribution in [2.45, 2.75) is 186 Å². The number of halogens is 1. The molecule has 4 bridgehead atoms. The Morgan fingerprint density at radius 3 is 1.04 bits per heavy atom. The van der Waals surface area contributed by atoms with Crippen molar-refractivity contribution in [3.05, 3.63) is 0 Å². The Balaban J connectivity index is 0. The molecule has 6 aliphatic heterocycles. The molecule has 0 aliphatic carbocycles. The Labute approximate surface area is 354 Å². The summed E-state index contributed by atoms with van der Waals surface area (Å²) in [7, 11) is 1.78. The fraction of sp³-hybridized carbons (Fsp3) is 0.978. The van der Waals surface area contributed by atoms with Gasteiger partial charge in [-0.15, -0.1) is 0 Å². The third kappa shape index (κ3) is 22.8. The number of carbonyl (C=O) groups is 1. The number of rotatable bonds is 20. The summed E-state index contributed by atoms with van der Waals surface area (Å²) >= 11 is 2.94. The summed E-state index contributed by atoms with van der Waals surface area (Å²) in [5, 5.41) is 8.46. The van der Waals surface area contributed by atoms with Crippen molar-refractivity contribution in [1.29, 1.82) is 0 Å². The molecule has 0 atom stereocenters. The van der Waals surface area contributed by atoms with Crippen molar-refractivity contribution in [3.8, 4) is 0 Å². The summed E-state index contributed by atoms with van der Waals surface area (Å²) in [6.07, 6.45) is 15.9. The van der Waals surface area contributed by atoms with Gasteiger partial charge in [0.05, 0.1) is 39.6 Å². The average molecular weight is 872 g/mol. The molecule has 0 unspecified atom stereocenters. The number of methoxy groups -OCH3 is 1. The average Bonchev–Trinajstić information content (AvgIpc) is 3.25. The number of carboxylic acid groups (broad SMARTS) is 1. The van der Waals surface area contributed by atoms with Crippen LogP contribution in [0.3, 0.4) is 0 Å². The first-order chi connectivity index (χ1) is 26.7. The minimum Gasteiger partial charge on any atom is -0.481 e. The maximum atomic E-state index is 10.3. The highest BCUT2D eigenvalue weighted by Crippen LogP contribution is 2.36. The molecule has 1 N–H and O–H groups in total. The van der Waals surface area contributed by atoms with Crippen molar-refractivity contribution < 1.29 is 47.8 Å². The van der Waals surface area contributed by atoms with Crippen molar-refractivity contribution in [2.75, 3.05) is 72.4 Å². The van der Waals surface area contributed by atoms with E-state index < -0.39 is 5.97 Å². The van der Waals surface area contributed by atoms with E-state index in [0.29, 0.717) is 29.3 Å². The fourth-order valence-electron chi connectivity index (χ4n) is 7.25. The number of hydrogen-bond acceptors (Lipinski definition) is 9. The van der Waals surface area contributed by atoms with Crippen LogP contribution in [0.15, 0.2) is 0 Å². The maximum absolute atomic E-state index is 10.3. The number of ether oxygens (including phenoxy) is 8. The van der Waals surface area contributed by atoms with Gasteiger partial charge in [0.2, 0.25) is 0 Å². The lowest BCUT2D eigenvalue weighted by Gasteiger charge is -2.42. The van der Waals surface area contributed by atoms with Crippen LogP contribution in [-0.4, -0.2) is 96.4 Å². The van der Waals surface area contributed by atoms with Gasteiger partial charge in [0.15, 0.2) is 0 Å². The Morgan fingerprint density at radius 2 is 0.839 bits per heavy atom. The molecule has 0 aromatic rings. The van der Waals surface area contributed by atoms with Gasteiger partial charge >= 0.3 is 5.97 Å². The normalized spacial score (nSPS) is 23.7. The van der Waals surface area contributed by atoms with E-state index in [0.717, 1.165) is 59.3 Å². The predicted octanol–water partition coefficient (Wildman–Crippen LogP) is 12.0. The van der Waals surface area contributed by atoms with Gasteiger partial charge in [-0.25, -0.2) is 0 Å². The van der Waals surface area contributed by atoms with E-state index in [9.17, 15) is 4.79 Å². The standard InChI is InChI=1S/C13H26O3.C10H22O.C9H20.2C6H10O3.CH3Br/c1-4-13(5-2,6-3)9-11-16-10-7-8-12(14)15;1-5-10(6-2,7-3)8-9-11-4;1-5-9(6-2,7-3)8-4;2*1-6-2-7-5(8-3-6)9-4-6;1-2/h4-11H2,1-3H3,(H,14,15);5-9H2,1-4H3;5-8H2,1-4H3;2*5H,2-4H2,1H3;1H3. The molecule has 0 aromatic heterocycles. The van der Waals surface area contributed by atoms with Crippen molar-refractivity contribution in [3.63, 3.8) is 0 Å².